The molecule has 0 saturated heterocycles. The van der Waals surface area contributed by atoms with Crippen LogP contribution in [0.15, 0.2) is 0 Å². The molecule has 0 aliphatic heterocycles. The number of rotatable bonds is 9. The molecule has 0 heterocycles. The highest BCUT2D eigenvalue weighted by molar-refractivity contribution is 7.89. The fourth-order valence-corrected chi connectivity index (χ4v) is 2.51. The van der Waals surface area contributed by atoms with E-state index in [0.717, 1.165) is 0 Å². The molecule has 104 valence electrons. The highest BCUT2D eigenvalue weighted by atomic mass is 35.5. The molecule has 0 amide bonds. The quantitative estimate of drug-likeness (QED) is 0.525. The van der Waals surface area contributed by atoms with E-state index in [1.807, 2.05) is 0 Å². The Morgan fingerprint density at radius 2 is 1.71 bits per heavy atom. The zero-order valence-electron chi connectivity index (χ0n) is 9.39. The normalized spacial score (nSPS) is 12.9. The minimum atomic E-state index is -4.17. The Morgan fingerprint density at radius 3 is 2.24 bits per heavy atom. The lowest BCUT2D eigenvalue weighted by atomic mass is 10.2. The van der Waals surface area contributed by atoms with E-state index >= 15 is 0 Å². The van der Waals surface area contributed by atoms with Crippen molar-refractivity contribution in [2.45, 2.75) is 38.3 Å². The second kappa shape index (κ2) is 8.16. The van der Waals surface area contributed by atoms with Gasteiger partial charge in [0.1, 0.15) is 0 Å². The van der Waals surface area contributed by atoms with E-state index in [4.69, 9.17) is 11.6 Å². The molecule has 0 aliphatic rings. The molecule has 17 heavy (non-hydrogen) atoms. The molecular formula is C9H17ClF3NO2S. The van der Waals surface area contributed by atoms with Gasteiger partial charge in [-0.2, -0.15) is 13.2 Å². The monoisotopic (exact) mass is 295 g/mol. The number of hydrogen-bond donors (Lipinski definition) is 1. The van der Waals surface area contributed by atoms with Gasteiger partial charge in [0.2, 0.25) is 10.0 Å². The first-order valence-corrected chi connectivity index (χ1v) is 7.55. The van der Waals surface area contributed by atoms with E-state index in [1.54, 1.807) is 0 Å². The van der Waals surface area contributed by atoms with Gasteiger partial charge in [0, 0.05) is 18.8 Å². The fourth-order valence-electron chi connectivity index (χ4n) is 1.14. The van der Waals surface area contributed by atoms with E-state index in [1.165, 1.54) is 0 Å². The predicted molar refractivity (Wildman–Crippen MR) is 61.6 cm³/mol. The highest BCUT2D eigenvalue weighted by Gasteiger charge is 2.25. The van der Waals surface area contributed by atoms with Crippen LogP contribution in [0, 0.1) is 0 Å². The van der Waals surface area contributed by atoms with E-state index < -0.39 is 22.6 Å². The lowest BCUT2D eigenvalue weighted by molar-refractivity contribution is -0.135. The summed E-state index contributed by atoms with van der Waals surface area (Å²) in [5, 5.41) is 0. The SMILES string of the molecule is O=S(=O)(CCCCCl)NCCCCC(F)(F)F. The van der Waals surface area contributed by atoms with Gasteiger partial charge < -0.3 is 0 Å². The Morgan fingerprint density at radius 1 is 1.06 bits per heavy atom. The maximum absolute atomic E-state index is 11.8. The van der Waals surface area contributed by atoms with Gasteiger partial charge in [-0.05, 0) is 25.7 Å². The van der Waals surface area contributed by atoms with Crippen molar-refractivity contribution < 1.29 is 21.6 Å². The summed E-state index contributed by atoms with van der Waals surface area (Å²) in [6.45, 7) is 0.0548. The summed E-state index contributed by atoms with van der Waals surface area (Å²) >= 11 is 5.40. The topological polar surface area (TPSA) is 46.2 Å². The molecule has 0 aliphatic carbocycles. The van der Waals surface area contributed by atoms with Crippen LogP contribution in [0.2, 0.25) is 0 Å². The number of nitrogens with one attached hydrogen (secondary N) is 1. The number of halogens is 4. The van der Waals surface area contributed by atoms with Gasteiger partial charge in [0.05, 0.1) is 5.75 Å². The molecule has 0 unspecified atom stereocenters. The molecule has 0 bridgehead atoms. The van der Waals surface area contributed by atoms with Gasteiger partial charge in [0.15, 0.2) is 0 Å². The lowest BCUT2D eigenvalue weighted by Crippen LogP contribution is -2.27. The van der Waals surface area contributed by atoms with Crippen molar-refractivity contribution in [2.75, 3.05) is 18.2 Å². The molecule has 0 saturated carbocycles. The molecule has 3 nitrogen and oxygen atoms in total. The van der Waals surface area contributed by atoms with Crippen molar-refractivity contribution >= 4 is 21.6 Å². The van der Waals surface area contributed by atoms with E-state index in [0.29, 0.717) is 18.7 Å². The minimum absolute atomic E-state index is 0.0288. The largest absolute Gasteiger partial charge is 0.389 e. The van der Waals surface area contributed by atoms with Crippen molar-refractivity contribution in [3.63, 3.8) is 0 Å². The Kier molecular flexibility index (Phi) is 8.15. The Hall–Kier alpha value is -0.0100. The van der Waals surface area contributed by atoms with Crippen LogP contribution in [0.5, 0.6) is 0 Å². The molecular weight excluding hydrogens is 279 g/mol. The first-order chi connectivity index (χ1) is 7.77. The van der Waals surface area contributed by atoms with Crippen LogP contribution in [0.1, 0.15) is 32.1 Å². The van der Waals surface area contributed by atoms with Crippen molar-refractivity contribution in [1.29, 1.82) is 0 Å². The van der Waals surface area contributed by atoms with Crippen LogP contribution in [-0.2, 0) is 10.0 Å². The maximum atomic E-state index is 11.8. The van der Waals surface area contributed by atoms with Crippen LogP contribution in [0.25, 0.3) is 0 Å². The highest BCUT2D eigenvalue weighted by Crippen LogP contribution is 2.21. The molecule has 0 atom stereocenters. The van der Waals surface area contributed by atoms with E-state index in [2.05, 4.69) is 4.72 Å². The van der Waals surface area contributed by atoms with E-state index in [-0.39, 0.29) is 25.1 Å². The first kappa shape index (κ1) is 17.0. The molecule has 0 radical (unpaired) electrons. The summed E-state index contributed by atoms with van der Waals surface area (Å²) in [6, 6.07) is 0. The standard InChI is InChI=1S/C9H17ClF3NO2S/c10-6-2-4-8-17(15,16)14-7-3-1-5-9(11,12)13/h14H,1-8H2. The molecule has 0 rings (SSSR count). The first-order valence-electron chi connectivity index (χ1n) is 5.37. The van der Waals surface area contributed by atoms with Gasteiger partial charge in [-0.25, -0.2) is 13.1 Å². The smallest absolute Gasteiger partial charge is 0.215 e. The van der Waals surface area contributed by atoms with Crippen LogP contribution in [0.4, 0.5) is 13.2 Å². The molecule has 0 aromatic heterocycles. The average molecular weight is 296 g/mol. The molecule has 1 N–H and O–H groups in total. The zero-order valence-corrected chi connectivity index (χ0v) is 11.0. The van der Waals surface area contributed by atoms with E-state index in [9.17, 15) is 21.6 Å². The van der Waals surface area contributed by atoms with Gasteiger partial charge in [-0.1, -0.05) is 0 Å². The lowest BCUT2D eigenvalue weighted by Gasteiger charge is -2.07. The summed E-state index contributed by atoms with van der Waals surface area (Å²) in [4.78, 5) is 0. The summed E-state index contributed by atoms with van der Waals surface area (Å²) in [5.41, 5.74) is 0. The Labute approximate surface area is 105 Å². The summed E-state index contributed by atoms with van der Waals surface area (Å²) in [5.74, 6) is 0.375. The van der Waals surface area contributed by atoms with Gasteiger partial charge >= 0.3 is 6.18 Å². The third-order valence-corrected chi connectivity index (χ3v) is 3.74. The van der Waals surface area contributed by atoms with Crippen LogP contribution >= 0.6 is 11.6 Å². The zero-order chi connectivity index (χ0) is 13.4. The number of unbranched alkanes of at least 4 members (excludes halogenated alkanes) is 2. The molecule has 0 spiro atoms. The molecule has 0 aromatic carbocycles. The third-order valence-electron chi connectivity index (χ3n) is 2.01. The third kappa shape index (κ3) is 12.2. The summed E-state index contributed by atoms with van der Waals surface area (Å²) in [7, 11) is -3.36. The van der Waals surface area contributed by atoms with Gasteiger partial charge in [-0.3, -0.25) is 0 Å². The van der Waals surface area contributed by atoms with Crippen LogP contribution in [-0.4, -0.2) is 32.8 Å². The second-order valence-corrected chi connectivity index (χ2v) is 5.99. The average Bonchev–Trinajstić information content (AvgIpc) is 2.15. The minimum Gasteiger partial charge on any atom is -0.215 e. The Bertz CT molecular complexity index is 293. The summed E-state index contributed by atoms with van der Waals surface area (Å²) < 4.78 is 60.2. The fraction of sp³-hybridized carbons (Fsp3) is 1.00. The van der Waals surface area contributed by atoms with Crippen molar-refractivity contribution in [2.24, 2.45) is 0 Å². The number of alkyl halides is 4. The van der Waals surface area contributed by atoms with Gasteiger partial charge in [-0.15, -0.1) is 11.6 Å². The Balaban J connectivity index is 3.59. The van der Waals surface area contributed by atoms with Crippen LogP contribution in [0.3, 0.4) is 0 Å². The second-order valence-electron chi connectivity index (χ2n) is 3.68. The molecule has 0 aromatic rings. The number of sulfonamides is 1. The van der Waals surface area contributed by atoms with Crippen molar-refractivity contribution in [3.8, 4) is 0 Å². The van der Waals surface area contributed by atoms with Crippen molar-refractivity contribution in [1.82, 2.24) is 4.72 Å². The molecule has 0 fully saturated rings. The van der Waals surface area contributed by atoms with Crippen LogP contribution < -0.4 is 4.72 Å². The summed E-state index contributed by atoms with van der Waals surface area (Å²) in [6.07, 6.45) is -3.85. The maximum Gasteiger partial charge on any atom is 0.389 e. The molecule has 8 heteroatoms. The van der Waals surface area contributed by atoms with Crippen molar-refractivity contribution in [3.05, 3.63) is 0 Å². The van der Waals surface area contributed by atoms with Gasteiger partial charge in [0.25, 0.3) is 0 Å². The number of hydrogen-bond acceptors (Lipinski definition) is 2. The predicted octanol–water partition coefficient (Wildman–Crippen LogP) is 2.66.